The molecule has 1 unspecified atom stereocenters. The van der Waals surface area contributed by atoms with E-state index in [4.69, 9.17) is 0 Å². The first kappa shape index (κ1) is 17.2. The molecule has 1 heterocycles. The summed E-state index contributed by atoms with van der Waals surface area (Å²) in [5, 5.41) is 5.84. The normalized spacial score (nSPS) is 22.8. The van der Waals surface area contributed by atoms with E-state index in [1.165, 1.54) is 0 Å². The molecule has 106 valence electrons. The highest BCUT2D eigenvalue weighted by atomic mass is 35.5. The molecule has 2 amide bonds. The van der Waals surface area contributed by atoms with Crippen LogP contribution in [0, 0.1) is 0 Å². The minimum absolute atomic E-state index is 0. The Morgan fingerprint density at radius 1 is 1.39 bits per heavy atom. The summed E-state index contributed by atoms with van der Waals surface area (Å²) in [5.41, 5.74) is -0.449. The van der Waals surface area contributed by atoms with Crippen LogP contribution in [0.5, 0.6) is 0 Å². The number of hydrogen-bond acceptors (Lipinski definition) is 3. The third-order valence-corrected chi connectivity index (χ3v) is 3.39. The summed E-state index contributed by atoms with van der Waals surface area (Å²) in [6.07, 6.45) is 3.44. The summed E-state index contributed by atoms with van der Waals surface area (Å²) in [6, 6.07) is 0. The maximum absolute atomic E-state index is 12.3. The molecular weight excluding hydrogens is 254 g/mol. The maximum atomic E-state index is 12.3. The van der Waals surface area contributed by atoms with Gasteiger partial charge in [-0.25, -0.2) is 0 Å². The fourth-order valence-corrected chi connectivity index (χ4v) is 2.16. The summed E-state index contributed by atoms with van der Waals surface area (Å²) < 4.78 is 0. The largest absolute Gasteiger partial charge is 0.359 e. The smallest absolute Gasteiger partial charge is 0.242 e. The number of nitrogens with zero attached hydrogens (tertiary/aromatic N) is 1. The zero-order valence-corrected chi connectivity index (χ0v) is 12.2. The van der Waals surface area contributed by atoms with Crippen molar-refractivity contribution in [2.45, 2.75) is 38.1 Å². The number of amides is 2. The molecular formula is C12H24ClN3O2. The van der Waals surface area contributed by atoms with Gasteiger partial charge >= 0.3 is 0 Å². The molecule has 0 aromatic rings. The molecule has 2 N–H and O–H groups in total. The Bertz CT molecular complexity index is 291. The van der Waals surface area contributed by atoms with Gasteiger partial charge in [0.05, 0.1) is 5.54 Å². The molecule has 1 atom stereocenters. The van der Waals surface area contributed by atoms with Gasteiger partial charge < -0.3 is 15.5 Å². The SMILES string of the molecule is CNC(=O)CCN(C)C(=O)C1(C)CCCCN1.Cl. The van der Waals surface area contributed by atoms with Crippen molar-refractivity contribution in [3.05, 3.63) is 0 Å². The molecule has 0 aliphatic carbocycles. The average molecular weight is 278 g/mol. The first-order valence-electron chi connectivity index (χ1n) is 6.21. The van der Waals surface area contributed by atoms with Crippen molar-refractivity contribution in [1.82, 2.24) is 15.5 Å². The molecule has 0 radical (unpaired) electrons. The molecule has 0 aromatic heterocycles. The summed E-state index contributed by atoms with van der Waals surface area (Å²) >= 11 is 0. The number of carbonyl (C=O) groups excluding carboxylic acids is 2. The number of rotatable bonds is 4. The Morgan fingerprint density at radius 2 is 2.06 bits per heavy atom. The van der Waals surface area contributed by atoms with E-state index >= 15 is 0 Å². The molecule has 18 heavy (non-hydrogen) atoms. The number of hydrogen-bond donors (Lipinski definition) is 2. The highest BCUT2D eigenvalue weighted by molar-refractivity contribution is 5.86. The van der Waals surface area contributed by atoms with Crippen LogP contribution in [0.15, 0.2) is 0 Å². The Hall–Kier alpha value is -0.810. The van der Waals surface area contributed by atoms with Crippen LogP contribution in [0.1, 0.15) is 32.6 Å². The van der Waals surface area contributed by atoms with Crippen LogP contribution in [-0.2, 0) is 9.59 Å². The summed E-state index contributed by atoms with van der Waals surface area (Å²) in [6.45, 7) is 3.31. The predicted octanol–water partition coefficient (Wildman–Crippen LogP) is 0.535. The van der Waals surface area contributed by atoms with E-state index in [0.717, 1.165) is 25.8 Å². The van der Waals surface area contributed by atoms with Gasteiger partial charge in [0.25, 0.3) is 0 Å². The molecule has 0 spiro atoms. The second kappa shape index (κ2) is 7.59. The Morgan fingerprint density at radius 3 is 2.56 bits per heavy atom. The monoisotopic (exact) mass is 277 g/mol. The quantitative estimate of drug-likeness (QED) is 0.788. The van der Waals surface area contributed by atoms with Gasteiger partial charge in [0, 0.05) is 27.1 Å². The number of carbonyl (C=O) groups is 2. The number of likely N-dealkylation sites (N-methyl/N-ethyl adjacent to an activating group) is 1. The lowest BCUT2D eigenvalue weighted by Gasteiger charge is -2.36. The van der Waals surface area contributed by atoms with Crippen LogP contribution in [0.3, 0.4) is 0 Å². The zero-order chi connectivity index (χ0) is 12.9. The third-order valence-electron chi connectivity index (χ3n) is 3.39. The number of piperidine rings is 1. The van der Waals surface area contributed by atoms with Crippen LogP contribution >= 0.6 is 12.4 Å². The lowest BCUT2D eigenvalue weighted by molar-refractivity contribution is -0.137. The van der Waals surface area contributed by atoms with Gasteiger partial charge in [0.15, 0.2) is 0 Å². The summed E-state index contributed by atoms with van der Waals surface area (Å²) in [5.74, 6) is 0.0486. The van der Waals surface area contributed by atoms with Crippen molar-refractivity contribution in [3.63, 3.8) is 0 Å². The summed E-state index contributed by atoms with van der Waals surface area (Å²) in [7, 11) is 3.36. The fourth-order valence-electron chi connectivity index (χ4n) is 2.16. The molecule has 6 heteroatoms. The summed E-state index contributed by atoms with van der Waals surface area (Å²) in [4.78, 5) is 25.0. The molecule has 0 saturated carbocycles. The van der Waals surface area contributed by atoms with E-state index < -0.39 is 5.54 Å². The van der Waals surface area contributed by atoms with Gasteiger partial charge in [0.2, 0.25) is 11.8 Å². The van der Waals surface area contributed by atoms with Crippen LogP contribution in [-0.4, -0.2) is 49.4 Å². The molecule has 1 rings (SSSR count). The van der Waals surface area contributed by atoms with E-state index in [0.29, 0.717) is 13.0 Å². The van der Waals surface area contributed by atoms with Gasteiger partial charge in [-0.2, -0.15) is 0 Å². The minimum atomic E-state index is -0.449. The molecule has 1 saturated heterocycles. The highest BCUT2D eigenvalue weighted by Crippen LogP contribution is 2.20. The van der Waals surface area contributed by atoms with Crippen LogP contribution in [0.25, 0.3) is 0 Å². The van der Waals surface area contributed by atoms with Gasteiger partial charge in [-0.1, -0.05) is 0 Å². The Kier molecular flexibility index (Phi) is 7.25. The lowest BCUT2D eigenvalue weighted by Crippen LogP contribution is -2.57. The van der Waals surface area contributed by atoms with Crippen molar-refractivity contribution in [2.24, 2.45) is 0 Å². The van der Waals surface area contributed by atoms with Gasteiger partial charge in [-0.15, -0.1) is 12.4 Å². The topological polar surface area (TPSA) is 61.4 Å². The van der Waals surface area contributed by atoms with Gasteiger partial charge in [-0.05, 0) is 32.7 Å². The lowest BCUT2D eigenvalue weighted by atomic mass is 9.89. The maximum Gasteiger partial charge on any atom is 0.242 e. The Labute approximate surface area is 115 Å². The van der Waals surface area contributed by atoms with Crippen molar-refractivity contribution in [2.75, 3.05) is 27.2 Å². The van der Waals surface area contributed by atoms with E-state index in [9.17, 15) is 9.59 Å². The van der Waals surface area contributed by atoms with Gasteiger partial charge in [0.1, 0.15) is 0 Å². The molecule has 1 aliphatic rings. The second-order valence-electron chi connectivity index (χ2n) is 4.87. The minimum Gasteiger partial charge on any atom is -0.359 e. The first-order valence-corrected chi connectivity index (χ1v) is 6.21. The van der Waals surface area contributed by atoms with Crippen molar-refractivity contribution >= 4 is 24.2 Å². The zero-order valence-electron chi connectivity index (χ0n) is 11.4. The second-order valence-corrected chi connectivity index (χ2v) is 4.87. The van der Waals surface area contributed by atoms with E-state index in [1.54, 1.807) is 19.0 Å². The molecule has 0 aromatic carbocycles. The van der Waals surface area contributed by atoms with E-state index in [1.807, 2.05) is 6.92 Å². The highest BCUT2D eigenvalue weighted by Gasteiger charge is 2.36. The van der Waals surface area contributed by atoms with E-state index in [2.05, 4.69) is 10.6 Å². The van der Waals surface area contributed by atoms with Crippen molar-refractivity contribution in [1.29, 1.82) is 0 Å². The fraction of sp³-hybridized carbons (Fsp3) is 0.833. The average Bonchev–Trinajstić information content (AvgIpc) is 2.35. The van der Waals surface area contributed by atoms with Crippen molar-refractivity contribution < 1.29 is 9.59 Å². The molecule has 0 bridgehead atoms. The molecule has 5 nitrogen and oxygen atoms in total. The van der Waals surface area contributed by atoms with Crippen molar-refractivity contribution in [3.8, 4) is 0 Å². The molecule has 1 fully saturated rings. The Balaban J connectivity index is 0.00000289. The first-order chi connectivity index (χ1) is 7.99. The van der Waals surface area contributed by atoms with Crippen LogP contribution in [0.2, 0.25) is 0 Å². The predicted molar refractivity (Wildman–Crippen MR) is 73.8 cm³/mol. The van der Waals surface area contributed by atoms with Crippen LogP contribution in [0.4, 0.5) is 0 Å². The number of nitrogens with one attached hydrogen (secondary N) is 2. The van der Waals surface area contributed by atoms with Crippen LogP contribution < -0.4 is 10.6 Å². The standard InChI is InChI=1S/C12H23N3O2.ClH/c1-12(7-4-5-8-14-12)11(17)15(3)9-6-10(16)13-2;/h14H,4-9H2,1-3H3,(H,13,16);1H. The molecule has 1 aliphatic heterocycles. The van der Waals surface area contributed by atoms with E-state index in [-0.39, 0.29) is 24.2 Å². The van der Waals surface area contributed by atoms with Gasteiger partial charge in [-0.3, -0.25) is 9.59 Å². The number of halogens is 1. The third kappa shape index (κ3) is 4.46.